The first kappa shape index (κ1) is 13.0. The maximum Gasteiger partial charge on any atom is 0.291 e. The van der Waals surface area contributed by atoms with Gasteiger partial charge in [0.25, 0.3) is 5.09 Å². The Morgan fingerprint density at radius 3 is 2.33 bits per heavy atom. The minimum atomic E-state index is -1.50. The fraction of sp³-hybridized carbons (Fsp3) is 0. The van der Waals surface area contributed by atoms with Gasteiger partial charge in [-0.25, -0.2) is 4.99 Å². The van der Waals surface area contributed by atoms with Crippen LogP contribution in [0.4, 0.5) is 5.69 Å². The quantitative estimate of drug-likeness (QED) is 0.287. The number of guanidine groups is 1. The molecule has 1 rings (SSSR count). The largest absolute Gasteiger partial charge is 0.370 e. The van der Waals surface area contributed by atoms with Crippen molar-refractivity contribution in [1.82, 2.24) is 0 Å². The van der Waals surface area contributed by atoms with Gasteiger partial charge in [-0.15, -0.1) is 10.1 Å². The van der Waals surface area contributed by atoms with Crippen LogP contribution in [0, 0.1) is 10.1 Å². The minimum absolute atomic E-state index is 0.0121. The number of benzene rings is 1. The molecule has 5 N–H and O–H groups in total. The lowest BCUT2D eigenvalue weighted by Crippen LogP contribution is -2.21. The van der Waals surface area contributed by atoms with Crippen molar-refractivity contribution in [2.75, 3.05) is 0 Å². The smallest absolute Gasteiger partial charge is 0.291 e. The molecule has 0 saturated carbocycles. The third kappa shape index (κ3) is 7.08. The third-order valence-corrected chi connectivity index (χ3v) is 1.42. The van der Waals surface area contributed by atoms with Gasteiger partial charge in [-0.1, -0.05) is 23.7 Å². The van der Waals surface area contributed by atoms with Gasteiger partial charge in [0.2, 0.25) is 0 Å². The van der Waals surface area contributed by atoms with Gasteiger partial charge in [0.15, 0.2) is 5.96 Å². The molecule has 0 unspecified atom stereocenters. The Balaban J connectivity index is 0.000000423. The standard InChI is InChI=1S/C7H8ClN3.HNO3/c8-5-3-1-2-4-6(5)11-7(9)10;2-1(3)4/h1-4H,(H4,9,10,11);(H,2,3,4). The van der Waals surface area contributed by atoms with Gasteiger partial charge in [-0.3, -0.25) is 0 Å². The number of aliphatic imine (C=N–C) groups is 1. The zero-order valence-electron chi connectivity index (χ0n) is 7.50. The highest BCUT2D eigenvalue weighted by atomic mass is 35.5. The third-order valence-electron chi connectivity index (χ3n) is 1.10. The van der Waals surface area contributed by atoms with Gasteiger partial charge in [0.05, 0.1) is 10.7 Å². The van der Waals surface area contributed by atoms with Crippen molar-refractivity contribution in [3.05, 3.63) is 39.4 Å². The molecule has 7 nitrogen and oxygen atoms in total. The average Bonchev–Trinajstić information content (AvgIpc) is 2.07. The van der Waals surface area contributed by atoms with E-state index in [9.17, 15) is 0 Å². The van der Waals surface area contributed by atoms with Gasteiger partial charge in [-0.2, -0.15) is 0 Å². The van der Waals surface area contributed by atoms with Crippen LogP contribution in [0.3, 0.4) is 0 Å². The molecule has 0 aromatic heterocycles. The second kappa shape index (κ2) is 6.44. The monoisotopic (exact) mass is 232 g/mol. The van der Waals surface area contributed by atoms with E-state index in [2.05, 4.69) is 4.99 Å². The Labute approximate surface area is 90.1 Å². The molecule has 0 spiro atoms. The van der Waals surface area contributed by atoms with Gasteiger partial charge in [0, 0.05) is 0 Å². The van der Waals surface area contributed by atoms with E-state index in [1.807, 2.05) is 12.1 Å². The van der Waals surface area contributed by atoms with Crippen LogP contribution in [0.15, 0.2) is 29.3 Å². The maximum absolute atomic E-state index is 8.36. The van der Waals surface area contributed by atoms with E-state index < -0.39 is 5.09 Å². The van der Waals surface area contributed by atoms with Crippen LogP contribution < -0.4 is 11.5 Å². The number of para-hydroxylation sites is 1. The van der Waals surface area contributed by atoms with Crippen LogP contribution in [-0.4, -0.2) is 16.3 Å². The summed E-state index contributed by atoms with van der Waals surface area (Å²) in [5.41, 5.74) is 10.9. The second-order valence-corrected chi connectivity index (χ2v) is 2.63. The Morgan fingerprint density at radius 2 is 1.93 bits per heavy atom. The summed E-state index contributed by atoms with van der Waals surface area (Å²) in [6, 6.07) is 7.09. The van der Waals surface area contributed by atoms with Crippen molar-refractivity contribution in [1.29, 1.82) is 0 Å². The lowest BCUT2D eigenvalue weighted by atomic mass is 10.3. The highest BCUT2D eigenvalue weighted by Gasteiger charge is 1.94. The zero-order chi connectivity index (χ0) is 11.8. The van der Waals surface area contributed by atoms with Gasteiger partial charge in [0.1, 0.15) is 0 Å². The van der Waals surface area contributed by atoms with Crippen molar-refractivity contribution in [3.63, 3.8) is 0 Å². The Morgan fingerprint density at radius 1 is 1.47 bits per heavy atom. The molecule has 0 aliphatic carbocycles. The van der Waals surface area contributed by atoms with Crippen LogP contribution in [0.5, 0.6) is 0 Å². The molecule has 8 heteroatoms. The molecule has 82 valence electrons. The van der Waals surface area contributed by atoms with Crippen LogP contribution >= 0.6 is 11.6 Å². The highest BCUT2D eigenvalue weighted by molar-refractivity contribution is 6.33. The second-order valence-electron chi connectivity index (χ2n) is 2.23. The summed E-state index contributed by atoms with van der Waals surface area (Å²) >= 11 is 5.75. The molecule has 15 heavy (non-hydrogen) atoms. The summed E-state index contributed by atoms with van der Waals surface area (Å²) in [5, 5.41) is 14.2. The van der Waals surface area contributed by atoms with E-state index in [0.29, 0.717) is 10.7 Å². The summed E-state index contributed by atoms with van der Waals surface area (Å²) in [6.45, 7) is 0. The first-order valence-corrected chi connectivity index (χ1v) is 3.98. The number of hydrogen-bond donors (Lipinski definition) is 3. The van der Waals surface area contributed by atoms with Crippen molar-refractivity contribution >= 4 is 23.2 Å². The number of nitrogens with zero attached hydrogens (tertiary/aromatic N) is 2. The molecule has 0 aliphatic rings. The molecule has 1 aromatic rings. The van der Waals surface area contributed by atoms with E-state index in [1.165, 1.54) is 0 Å². The topological polar surface area (TPSA) is 128 Å². The fourth-order valence-corrected chi connectivity index (χ4v) is 0.859. The molecule has 0 atom stereocenters. The normalized spacial score (nSPS) is 8.33. The Hall–Kier alpha value is -2.02. The van der Waals surface area contributed by atoms with E-state index in [-0.39, 0.29) is 5.96 Å². The number of halogens is 1. The molecule has 0 amide bonds. The molecular weight excluding hydrogens is 224 g/mol. The van der Waals surface area contributed by atoms with Crippen LogP contribution in [-0.2, 0) is 0 Å². The van der Waals surface area contributed by atoms with Crippen molar-refractivity contribution in [2.24, 2.45) is 16.5 Å². The number of hydrogen-bond acceptors (Lipinski definition) is 3. The Kier molecular flexibility index (Phi) is 5.57. The first-order chi connectivity index (χ1) is 6.93. The van der Waals surface area contributed by atoms with Gasteiger partial charge in [-0.05, 0) is 12.1 Å². The molecule has 0 radical (unpaired) electrons. The van der Waals surface area contributed by atoms with Crippen LogP contribution in [0.25, 0.3) is 0 Å². The predicted octanol–water partition coefficient (Wildman–Crippen LogP) is 0.897. The van der Waals surface area contributed by atoms with Crippen LogP contribution in [0.1, 0.15) is 0 Å². The molecule has 0 heterocycles. The van der Waals surface area contributed by atoms with Gasteiger partial charge >= 0.3 is 0 Å². The lowest BCUT2D eigenvalue weighted by molar-refractivity contribution is -0.742. The minimum Gasteiger partial charge on any atom is -0.370 e. The van der Waals surface area contributed by atoms with Gasteiger partial charge < -0.3 is 16.7 Å². The highest BCUT2D eigenvalue weighted by Crippen LogP contribution is 2.22. The van der Waals surface area contributed by atoms with Crippen molar-refractivity contribution in [2.45, 2.75) is 0 Å². The number of rotatable bonds is 1. The first-order valence-electron chi connectivity index (χ1n) is 3.61. The molecular formula is C7H9ClN4O3. The summed E-state index contributed by atoms with van der Waals surface area (Å²) in [7, 11) is 0. The summed E-state index contributed by atoms with van der Waals surface area (Å²) in [5.74, 6) is 0.0121. The molecule has 0 aliphatic heterocycles. The maximum atomic E-state index is 8.36. The molecule has 0 bridgehead atoms. The van der Waals surface area contributed by atoms with Crippen molar-refractivity contribution in [3.8, 4) is 0 Å². The van der Waals surface area contributed by atoms with Crippen LogP contribution in [0.2, 0.25) is 5.02 Å². The molecule has 0 saturated heterocycles. The number of nitrogens with two attached hydrogens (primary N) is 2. The van der Waals surface area contributed by atoms with E-state index in [1.54, 1.807) is 12.1 Å². The summed E-state index contributed by atoms with van der Waals surface area (Å²) < 4.78 is 0. The molecule has 1 aromatic carbocycles. The van der Waals surface area contributed by atoms with E-state index in [0.717, 1.165) is 0 Å². The predicted molar refractivity (Wildman–Crippen MR) is 55.7 cm³/mol. The zero-order valence-corrected chi connectivity index (χ0v) is 8.26. The summed E-state index contributed by atoms with van der Waals surface area (Å²) in [4.78, 5) is 12.2. The van der Waals surface area contributed by atoms with Crippen molar-refractivity contribution < 1.29 is 10.3 Å². The Bertz CT molecular complexity index is 361. The van der Waals surface area contributed by atoms with E-state index in [4.69, 9.17) is 38.4 Å². The SMILES string of the molecule is NC(N)=Nc1ccccc1Cl.O=[N+]([O-])O. The fourth-order valence-electron chi connectivity index (χ4n) is 0.681. The van der Waals surface area contributed by atoms with E-state index >= 15 is 0 Å². The lowest BCUT2D eigenvalue weighted by Gasteiger charge is -1.96. The summed E-state index contributed by atoms with van der Waals surface area (Å²) in [6.07, 6.45) is 0. The molecule has 0 fully saturated rings. The average molecular weight is 233 g/mol.